The Hall–Kier alpha value is -2.92. The van der Waals surface area contributed by atoms with Gasteiger partial charge in [-0.05, 0) is 65.4 Å². The van der Waals surface area contributed by atoms with Gasteiger partial charge in [0.2, 0.25) is 5.91 Å². The maximum Gasteiger partial charge on any atom is 0.255 e. The van der Waals surface area contributed by atoms with Crippen molar-refractivity contribution in [1.29, 1.82) is 0 Å². The molecule has 0 unspecified atom stereocenters. The summed E-state index contributed by atoms with van der Waals surface area (Å²) < 4.78 is 1.19. The first-order chi connectivity index (χ1) is 11.6. The number of rotatable bonds is 4. The molecule has 120 valence electrons. The maximum absolute atomic E-state index is 12.4. The molecule has 0 saturated carbocycles. The molecule has 1 N–H and O–H groups in total. The van der Waals surface area contributed by atoms with E-state index in [-0.39, 0.29) is 11.8 Å². The fourth-order valence-electron chi connectivity index (χ4n) is 2.35. The first-order valence-electron chi connectivity index (χ1n) is 7.37. The summed E-state index contributed by atoms with van der Waals surface area (Å²) in [5.41, 5.74) is 1.99. The van der Waals surface area contributed by atoms with Gasteiger partial charge in [0.25, 0.3) is 5.91 Å². The van der Waals surface area contributed by atoms with E-state index in [2.05, 4.69) is 11.9 Å². The molecule has 5 heteroatoms. The second-order valence-corrected chi connectivity index (χ2v) is 6.22. The van der Waals surface area contributed by atoms with E-state index in [0.717, 1.165) is 11.1 Å². The lowest BCUT2D eigenvalue weighted by atomic mass is 10.1. The van der Waals surface area contributed by atoms with Gasteiger partial charge in [-0.3, -0.25) is 9.59 Å². The van der Waals surface area contributed by atoms with E-state index in [1.807, 2.05) is 29.6 Å². The summed E-state index contributed by atoms with van der Waals surface area (Å²) in [6.07, 6.45) is 1.25. The summed E-state index contributed by atoms with van der Waals surface area (Å²) in [5, 5.41) is 6.02. The number of carbonyl (C=O) groups excluding carboxylic acids is 2. The summed E-state index contributed by atoms with van der Waals surface area (Å²) in [5.74, 6) is -0.384. The quantitative estimate of drug-likeness (QED) is 0.722. The summed E-state index contributed by atoms with van der Waals surface area (Å²) >= 11 is 1.67. The Balaban J connectivity index is 1.75. The van der Waals surface area contributed by atoms with E-state index < -0.39 is 0 Å². The number of hydrogen-bond donors (Lipinski definition) is 1. The first-order valence-corrected chi connectivity index (χ1v) is 8.25. The van der Waals surface area contributed by atoms with Crippen LogP contribution < -0.4 is 10.2 Å². The van der Waals surface area contributed by atoms with Crippen LogP contribution in [0, 0.1) is 0 Å². The summed E-state index contributed by atoms with van der Waals surface area (Å²) in [4.78, 5) is 25.4. The van der Waals surface area contributed by atoms with E-state index in [0.29, 0.717) is 11.3 Å². The molecule has 0 aliphatic heterocycles. The highest BCUT2D eigenvalue weighted by Crippen LogP contribution is 2.24. The molecule has 0 aliphatic rings. The number of likely N-dealkylation sites (N-methyl/N-ethyl adjacent to an activating group) is 1. The zero-order valence-electron chi connectivity index (χ0n) is 13.2. The molecule has 2 aromatic carbocycles. The third-order valence-corrected chi connectivity index (χ3v) is 4.63. The number of anilines is 2. The number of carbonyl (C=O) groups is 2. The molecule has 0 atom stereocenters. The largest absolute Gasteiger partial charge is 0.322 e. The number of nitrogens with one attached hydrogen (secondary N) is 1. The van der Waals surface area contributed by atoms with Crippen molar-refractivity contribution in [2.45, 2.75) is 0 Å². The first kappa shape index (κ1) is 16.0. The second kappa shape index (κ2) is 6.68. The molecular formula is C19H16N2O2S. The lowest BCUT2D eigenvalue weighted by Gasteiger charge is -2.15. The van der Waals surface area contributed by atoms with Crippen LogP contribution in [0.3, 0.4) is 0 Å². The van der Waals surface area contributed by atoms with Gasteiger partial charge in [-0.25, -0.2) is 0 Å². The normalized spacial score (nSPS) is 10.4. The predicted octanol–water partition coefficient (Wildman–Crippen LogP) is 4.30. The molecular weight excluding hydrogens is 320 g/mol. The van der Waals surface area contributed by atoms with Gasteiger partial charge in [0.1, 0.15) is 0 Å². The highest BCUT2D eigenvalue weighted by atomic mass is 32.1. The van der Waals surface area contributed by atoms with Crippen LogP contribution in [0.4, 0.5) is 11.4 Å². The molecule has 24 heavy (non-hydrogen) atoms. The SMILES string of the molecule is C=CC(=O)N(C)c1ccc(C(=O)Nc2ccc3sccc3c2)cc1. The molecule has 0 bridgehead atoms. The highest BCUT2D eigenvalue weighted by Gasteiger charge is 2.10. The molecule has 1 aromatic heterocycles. The van der Waals surface area contributed by atoms with Crippen LogP contribution in [0.1, 0.15) is 10.4 Å². The molecule has 0 aliphatic carbocycles. The number of benzene rings is 2. The Morgan fingerprint density at radius 1 is 1.12 bits per heavy atom. The third kappa shape index (κ3) is 3.21. The van der Waals surface area contributed by atoms with Gasteiger partial charge >= 0.3 is 0 Å². The van der Waals surface area contributed by atoms with Crippen LogP contribution in [-0.4, -0.2) is 18.9 Å². The number of hydrogen-bond acceptors (Lipinski definition) is 3. The van der Waals surface area contributed by atoms with Gasteiger partial charge < -0.3 is 10.2 Å². The number of amides is 2. The van der Waals surface area contributed by atoms with Gasteiger partial charge in [0, 0.05) is 28.7 Å². The monoisotopic (exact) mass is 336 g/mol. The molecule has 3 rings (SSSR count). The minimum Gasteiger partial charge on any atom is -0.322 e. The van der Waals surface area contributed by atoms with Crippen molar-refractivity contribution in [3.05, 3.63) is 72.1 Å². The third-order valence-electron chi connectivity index (χ3n) is 3.73. The fraction of sp³-hybridized carbons (Fsp3) is 0.0526. The summed E-state index contributed by atoms with van der Waals surface area (Å²) in [6, 6.07) is 14.7. The summed E-state index contributed by atoms with van der Waals surface area (Å²) in [7, 11) is 1.66. The van der Waals surface area contributed by atoms with Gasteiger partial charge in [-0.2, -0.15) is 0 Å². The number of fused-ring (bicyclic) bond motifs is 1. The number of nitrogens with zero attached hydrogens (tertiary/aromatic N) is 1. The Kier molecular flexibility index (Phi) is 4.44. The van der Waals surface area contributed by atoms with E-state index in [4.69, 9.17) is 0 Å². The second-order valence-electron chi connectivity index (χ2n) is 5.28. The minimum atomic E-state index is -0.198. The van der Waals surface area contributed by atoms with Crippen LogP contribution in [0.15, 0.2) is 66.6 Å². The average molecular weight is 336 g/mol. The van der Waals surface area contributed by atoms with Crippen molar-refractivity contribution in [2.24, 2.45) is 0 Å². The van der Waals surface area contributed by atoms with Crippen LogP contribution in [0.2, 0.25) is 0 Å². The van der Waals surface area contributed by atoms with Gasteiger partial charge in [-0.15, -0.1) is 11.3 Å². The van der Waals surface area contributed by atoms with Crippen LogP contribution in [-0.2, 0) is 4.79 Å². The highest BCUT2D eigenvalue weighted by molar-refractivity contribution is 7.17. The molecule has 1 heterocycles. The van der Waals surface area contributed by atoms with Crippen molar-refractivity contribution in [3.8, 4) is 0 Å². The fourth-order valence-corrected chi connectivity index (χ4v) is 3.12. The van der Waals surface area contributed by atoms with Crippen molar-refractivity contribution in [2.75, 3.05) is 17.3 Å². The van der Waals surface area contributed by atoms with E-state index in [1.54, 1.807) is 42.6 Å². The van der Waals surface area contributed by atoms with Gasteiger partial charge in [0.15, 0.2) is 0 Å². The lowest BCUT2D eigenvalue weighted by molar-refractivity contribution is -0.113. The van der Waals surface area contributed by atoms with E-state index in [1.165, 1.54) is 15.7 Å². The molecule has 3 aromatic rings. The minimum absolute atomic E-state index is 0.186. The predicted molar refractivity (Wildman–Crippen MR) is 99.8 cm³/mol. The smallest absolute Gasteiger partial charge is 0.255 e. The molecule has 2 amide bonds. The van der Waals surface area contributed by atoms with Crippen molar-refractivity contribution < 1.29 is 9.59 Å². The standard InChI is InChI=1S/C19H16N2O2S/c1-3-18(22)21(2)16-7-4-13(5-8-16)19(23)20-15-6-9-17-14(12-15)10-11-24-17/h3-12H,1H2,2H3,(H,20,23). The Morgan fingerprint density at radius 3 is 2.58 bits per heavy atom. The zero-order valence-corrected chi connectivity index (χ0v) is 14.0. The molecule has 0 radical (unpaired) electrons. The van der Waals surface area contributed by atoms with Crippen LogP contribution in [0.25, 0.3) is 10.1 Å². The number of thiophene rings is 1. The molecule has 4 nitrogen and oxygen atoms in total. The van der Waals surface area contributed by atoms with Crippen molar-refractivity contribution >= 4 is 44.6 Å². The molecule has 0 saturated heterocycles. The van der Waals surface area contributed by atoms with Crippen LogP contribution in [0.5, 0.6) is 0 Å². The topological polar surface area (TPSA) is 49.4 Å². The van der Waals surface area contributed by atoms with Crippen LogP contribution >= 0.6 is 11.3 Å². The Morgan fingerprint density at radius 2 is 1.88 bits per heavy atom. The maximum atomic E-state index is 12.4. The average Bonchev–Trinajstić information content (AvgIpc) is 3.08. The van der Waals surface area contributed by atoms with Gasteiger partial charge in [0.05, 0.1) is 0 Å². The van der Waals surface area contributed by atoms with Crippen molar-refractivity contribution in [3.63, 3.8) is 0 Å². The lowest BCUT2D eigenvalue weighted by Crippen LogP contribution is -2.23. The van der Waals surface area contributed by atoms with E-state index >= 15 is 0 Å². The molecule has 0 spiro atoms. The van der Waals surface area contributed by atoms with Crippen molar-refractivity contribution in [1.82, 2.24) is 0 Å². The molecule has 0 fully saturated rings. The Labute approximate surface area is 144 Å². The van der Waals surface area contributed by atoms with E-state index in [9.17, 15) is 9.59 Å². The van der Waals surface area contributed by atoms with Gasteiger partial charge in [-0.1, -0.05) is 6.58 Å². The zero-order chi connectivity index (χ0) is 17.1. The Bertz CT molecular complexity index is 913. The summed E-state index contributed by atoms with van der Waals surface area (Å²) in [6.45, 7) is 3.46.